The Bertz CT molecular complexity index is 256. The summed E-state index contributed by atoms with van der Waals surface area (Å²) < 4.78 is 5.28. The van der Waals surface area contributed by atoms with Crippen LogP contribution in [0.4, 0.5) is 4.79 Å². The van der Waals surface area contributed by atoms with E-state index in [0.717, 1.165) is 19.3 Å². The summed E-state index contributed by atoms with van der Waals surface area (Å²) in [5.74, 6) is 0. The van der Waals surface area contributed by atoms with E-state index in [1.54, 1.807) is 0 Å². The van der Waals surface area contributed by atoms with Gasteiger partial charge < -0.3 is 10.1 Å². The minimum Gasteiger partial charge on any atom is -0.444 e. The van der Waals surface area contributed by atoms with Crippen molar-refractivity contribution in [1.29, 1.82) is 0 Å². The van der Waals surface area contributed by atoms with Crippen molar-refractivity contribution in [1.82, 2.24) is 5.32 Å². The van der Waals surface area contributed by atoms with E-state index in [4.69, 9.17) is 4.74 Å². The molecule has 0 aliphatic carbocycles. The lowest BCUT2D eigenvalue weighted by molar-refractivity contribution is 0.0501. The number of nitrogens with one attached hydrogen (secondary N) is 1. The third kappa shape index (κ3) is 11.8. The van der Waals surface area contributed by atoms with Crippen LogP contribution < -0.4 is 5.32 Å². The molecule has 0 aromatic carbocycles. The molecule has 19 heavy (non-hydrogen) atoms. The molecule has 1 amide bonds. The first-order valence-corrected chi connectivity index (χ1v) is 7.49. The summed E-state index contributed by atoms with van der Waals surface area (Å²) in [5, 5.41) is 2.93. The first kappa shape index (κ1) is 18.0. The van der Waals surface area contributed by atoms with E-state index < -0.39 is 5.60 Å². The number of rotatable bonds is 9. The van der Waals surface area contributed by atoms with E-state index >= 15 is 0 Å². The Balaban J connectivity index is 3.97. The summed E-state index contributed by atoms with van der Waals surface area (Å²) in [5.41, 5.74) is -0.441. The Kier molecular flexibility index (Phi) is 9.36. The summed E-state index contributed by atoms with van der Waals surface area (Å²) >= 11 is 0. The minimum atomic E-state index is -0.441. The molecule has 0 heterocycles. The second-order valence-electron chi connectivity index (χ2n) is 6.07. The van der Waals surface area contributed by atoms with Crippen LogP contribution in [-0.2, 0) is 4.74 Å². The highest BCUT2D eigenvalue weighted by molar-refractivity contribution is 5.68. The average Bonchev–Trinajstić information content (AvgIpc) is 2.26. The van der Waals surface area contributed by atoms with Crippen molar-refractivity contribution < 1.29 is 9.53 Å². The second kappa shape index (κ2) is 9.88. The molecular weight excluding hydrogens is 238 g/mol. The molecule has 0 aromatic rings. The Labute approximate surface area is 118 Å². The largest absolute Gasteiger partial charge is 0.444 e. The fourth-order valence-corrected chi connectivity index (χ4v) is 1.92. The highest BCUT2D eigenvalue weighted by atomic mass is 16.6. The van der Waals surface area contributed by atoms with Gasteiger partial charge in [-0.2, -0.15) is 0 Å². The second-order valence-corrected chi connectivity index (χ2v) is 6.07. The number of amides is 1. The van der Waals surface area contributed by atoms with Crippen LogP contribution >= 0.6 is 0 Å². The molecule has 0 aromatic heterocycles. The fourth-order valence-electron chi connectivity index (χ4n) is 1.92. The summed E-state index contributed by atoms with van der Waals surface area (Å²) in [6.45, 7) is 11.6. The molecular formula is C16H31NO2. The van der Waals surface area contributed by atoms with Crippen molar-refractivity contribution in [2.75, 3.05) is 0 Å². The van der Waals surface area contributed by atoms with Crippen molar-refractivity contribution in [3.05, 3.63) is 12.7 Å². The van der Waals surface area contributed by atoms with Crippen molar-refractivity contribution in [2.24, 2.45) is 0 Å². The van der Waals surface area contributed by atoms with E-state index in [0.29, 0.717) is 0 Å². The zero-order chi connectivity index (χ0) is 14.7. The van der Waals surface area contributed by atoms with Gasteiger partial charge in [-0.3, -0.25) is 0 Å². The smallest absolute Gasteiger partial charge is 0.407 e. The van der Waals surface area contributed by atoms with Gasteiger partial charge in [-0.25, -0.2) is 4.79 Å². The molecule has 0 spiro atoms. The van der Waals surface area contributed by atoms with E-state index in [1.165, 1.54) is 25.7 Å². The molecule has 0 rings (SSSR count). The Hall–Kier alpha value is -0.990. The first-order chi connectivity index (χ1) is 8.89. The van der Waals surface area contributed by atoms with Gasteiger partial charge in [0.15, 0.2) is 0 Å². The topological polar surface area (TPSA) is 38.3 Å². The van der Waals surface area contributed by atoms with Crippen LogP contribution in [0.2, 0.25) is 0 Å². The number of unbranched alkanes of at least 4 members (excludes halogenated alkanes) is 4. The van der Waals surface area contributed by atoms with Crippen LogP contribution in [0.1, 0.15) is 72.6 Å². The summed E-state index contributed by atoms with van der Waals surface area (Å²) in [4.78, 5) is 11.7. The molecule has 0 radical (unpaired) electrons. The monoisotopic (exact) mass is 269 g/mol. The molecule has 3 nitrogen and oxygen atoms in total. The van der Waals surface area contributed by atoms with Crippen molar-refractivity contribution in [3.63, 3.8) is 0 Å². The van der Waals surface area contributed by atoms with E-state index in [9.17, 15) is 4.79 Å². The molecule has 0 aliphatic heterocycles. The molecule has 1 atom stereocenters. The number of alkyl carbamates (subject to hydrolysis) is 1. The zero-order valence-corrected chi connectivity index (χ0v) is 13.1. The minimum absolute atomic E-state index is 0.147. The lowest BCUT2D eigenvalue weighted by Crippen LogP contribution is -2.38. The summed E-state index contributed by atoms with van der Waals surface area (Å²) in [7, 11) is 0. The van der Waals surface area contributed by atoms with Crippen molar-refractivity contribution in [3.8, 4) is 0 Å². The zero-order valence-electron chi connectivity index (χ0n) is 13.1. The Morgan fingerprint density at radius 2 is 1.89 bits per heavy atom. The van der Waals surface area contributed by atoms with E-state index in [-0.39, 0.29) is 12.1 Å². The van der Waals surface area contributed by atoms with Gasteiger partial charge in [-0.15, -0.1) is 6.58 Å². The molecule has 112 valence electrons. The first-order valence-electron chi connectivity index (χ1n) is 7.49. The summed E-state index contributed by atoms with van der Waals surface area (Å²) in [6, 6.07) is 0.147. The highest BCUT2D eigenvalue weighted by Crippen LogP contribution is 2.11. The predicted molar refractivity (Wildman–Crippen MR) is 81.3 cm³/mol. The molecule has 1 unspecified atom stereocenters. The molecule has 0 aliphatic rings. The standard InChI is InChI=1S/C16H31NO2/c1-6-8-9-10-11-13-14(12-7-2)17-15(18)19-16(3,4)5/h7,14H,2,6,8-13H2,1,3-5H3,(H,17,18). The number of carbonyl (C=O) groups excluding carboxylic acids is 1. The Morgan fingerprint density at radius 3 is 2.42 bits per heavy atom. The van der Waals surface area contributed by atoms with Gasteiger partial charge in [0.05, 0.1) is 0 Å². The lowest BCUT2D eigenvalue weighted by atomic mass is 10.0. The quantitative estimate of drug-likeness (QED) is 0.481. The van der Waals surface area contributed by atoms with Gasteiger partial charge in [-0.05, 0) is 33.6 Å². The normalized spacial score (nSPS) is 12.8. The van der Waals surface area contributed by atoms with Crippen LogP contribution in [0.25, 0.3) is 0 Å². The lowest BCUT2D eigenvalue weighted by Gasteiger charge is -2.23. The average molecular weight is 269 g/mol. The fraction of sp³-hybridized carbons (Fsp3) is 0.812. The van der Waals surface area contributed by atoms with Crippen LogP contribution in [0.15, 0.2) is 12.7 Å². The molecule has 0 fully saturated rings. The maximum atomic E-state index is 11.7. The Morgan fingerprint density at radius 1 is 1.26 bits per heavy atom. The van der Waals surface area contributed by atoms with Gasteiger partial charge in [0, 0.05) is 6.04 Å². The van der Waals surface area contributed by atoms with Crippen LogP contribution in [0, 0.1) is 0 Å². The van der Waals surface area contributed by atoms with Crippen molar-refractivity contribution >= 4 is 6.09 Å². The van der Waals surface area contributed by atoms with E-state index in [2.05, 4.69) is 18.8 Å². The van der Waals surface area contributed by atoms with Crippen LogP contribution in [0.5, 0.6) is 0 Å². The van der Waals surface area contributed by atoms with Crippen LogP contribution in [0.3, 0.4) is 0 Å². The number of hydrogen-bond donors (Lipinski definition) is 1. The number of ether oxygens (including phenoxy) is 1. The van der Waals surface area contributed by atoms with E-state index in [1.807, 2.05) is 26.8 Å². The van der Waals surface area contributed by atoms with Gasteiger partial charge in [0.1, 0.15) is 5.60 Å². The maximum Gasteiger partial charge on any atom is 0.407 e. The number of carbonyl (C=O) groups is 1. The van der Waals surface area contributed by atoms with Crippen molar-refractivity contribution in [2.45, 2.75) is 84.3 Å². The van der Waals surface area contributed by atoms with Gasteiger partial charge in [0.25, 0.3) is 0 Å². The highest BCUT2D eigenvalue weighted by Gasteiger charge is 2.18. The summed E-state index contributed by atoms with van der Waals surface area (Å²) in [6.07, 6.45) is 9.54. The van der Waals surface area contributed by atoms with Gasteiger partial charge >= 0.3 is 6.09 Å². The predicted octanol–water partition coefficient (Wildman–Crippen LogP) is 4.82. The van der Waals surface area contributed by atoms with Gasteiger partial charge in [-0.1, -0.05) is 45.1 Å². The SMILES string of the molecule is C=CCC(CCCCCCC)NC(=O)OC(C)(C)C. The third-order valence-corrected chi connectivity index (χ3v) is 2.83. The number of hydrogen-bond acceptors (Lipinski definition) is 2. The maximum absolute atomic E-state index is 11.7. The molecule has 0 bridgehead atoms. The molecule has 0 saturated carbocycles. The third-order valence-electron chi connectivity index (χ3n) is 2.83. The van der Waals surface area contributed by atoms with Gasteiger partial charge in [0.2, 0.25) is 0 Å². The molecule has 3 heteroatoms. The van der Waals surface area contributed by atoms with Crippen LogP contribution in [-0.4, -0.2) is 17.7 Å². The molecule has 1 N–H and O–H groups in total. The molecule has 0 saturated heterocycles.